The van der Waals surface area contributed by atoms with Crippen LogP contribution in [-0.2, 0) is 19.5 Å². The van der Waals surface area contributed by atoms with Crippen molar-refractivity contribution in [3.05, 3.63) is 23.2 Å². The highest BCUT2D eigenvalue weighted by Gasteiger charge is 2.36. The number of nitrogen functional groups attached to an aromatic ring is 1. The molecule has 0 aliphatic carbocycles. The van der Waals surface area contributed by atoms with Crippen LogP contribution in [0.15, 0.2) is 23.1 Å². The third kappa shape index (κ3) is 3.24. The average Bonchev–Trinajstić information content (AvgIpc) is 2.89. The van der Waals surface area contributed by atoms with Crippen LogP contribution >= 0.6 is 11.6 Å². The first-order chi connectivity index (χ1) is 9.38. The van der Waals surface area contributed by atoms with Crippen LogP contribution in [0.2, 0.25) is 5.02 Å². The molecule has 1 atom stereocenters. The number of rotatable bonds is 5. The third-order valence-corrected chi connectivity index (χ3v) is 5.04. The first-order valence-electron chi connectivity index (χ1n) is 6.06. The molecule has 1 fully saturated rings. The van der Waals surface area contributed by atoms with Gasteiger partial charge in [0.05, 0.1) is 12.3 Å². The van der Waals surface area contributed by atoms with Crippen LogP contribution in [0, 0.1) is 0 Å². The van der Waals surface area contributed by atoms with Gasteiger partial charge < -0.3 is 15.2 Å². The van der Waals surface area contributed by atoms with Crippen molar-refractivity contribution in [2.24, 2.45) is 0 Å². The second-order valence-electron chi connectivity index (χ2n) is 4.70. The zero-order valence-electron chi connectivity index (χ0n) is 11.1. The van der Waals surface area contributed by atoms with Crippen LogP contribution in [0.5, 0.6) is 0 Å². The summed E-state index contributed by atoms with van der Waals surface area (Å²) < 4.78 is 37.7. The fourth-order valence-corrected chi connectivity index (χ4v) is 3.51. The Morgan fingerprint density at radius 2 is 2.30 bits per heavy atom. The van der Waals surface area contributed by atoms with Gasteiger partial charge in [-0.05, 0) is 18.2 Å². The van der Waals surface area contributed by atoms with Crippen molar-refractivity contribution in [2.75, 3.05) is 32.6 Å². The standard InChI is InChI=1S/C12H17ClN2O4S/c1-18-12(4-5-19-8-12)7-15-20(16,17)11-6-9(13)2-3-10(11)14/h2-3,6,15H,4-5,7-8,14H2,1H3. The van der Waals surface area contributed by atoms with Crippen LogP contribution in [0.25, 0.3) is 0 Å². The molecule has 1 aromatic rings. The van der Waals surface area contributed by atoms with Gasteiger partial charge in [-0.25, -0.2) is 13.1 Å². The molecule has 1 aliphatic heterocycles. The molecule has 1 aliphatic rings. The fraction of sp³-hybridized carbons (Fsp3) is 0.500. The molecule has 1 heterocycles. The van der Waals surface area contributed by atoms with Crippen LogP contribution in [0.4, 0.5) is 5.69 Å². The highest BCUT2D eigenvalue weighted by Crippen LogP contribution is 2.25. The summed E-state index contributed by atoms with van der Waals surface area (Å²) in [6.07, 6.45) is 0.636. The minimum absolute atomic E-state index is 0.0323. The summed E-state index contributed by atoms with van der Waals surface area (Å²) >= 11 is 5.81. The van der Waals surface area contributed by atoms with E-state index >= 15 is 0 Å². The number of benzene rings is 1. The van der Waals surface area contributed by atoms with Gasteiger partial charge in [0.2, 0.25) is 10.0 Å². The molecule has 0 amide bonds. The number of methoxy groups -OCH3 is 1. The minimum atomic E-state index is -3.74. The number of hydrogen-bond donors (Lipinski definition) is 2. The molecule has 0 aromatic heterocycles. The Bertz CT molecular complexity index is 585. The molecule has 112 valence electrons. The van der Waals surface area contributed by atoms with Crippen molar-refractivity contribution in [3.8, 4) is 0 Å². The number of hydrogen-bond acceptors (Lipinski definition) is 5. The molecule has 8 heteroatoms. The summed E-state index contributed by atoms with van der Waals surface area (Å²) in [6.45, 7) is 1.03. The highest BCUT2D eigenvalue weighted by molar-refractivity contribution is 7.89. The van der Waals surface area contributed by atoms with E-state index in [2.05, 4.69) is 4.72 Å². The molecule has 0 radical (unpaired) electrons. The van der Waals surface area contributed by atoms with E-state index in [0.717, 1.165) is 0 Å². The molecule has 6 nitrogen and oxygen atoms in total. The largest absolute Gasteiger partial charge is 0.398 e. The first-order valence-corrected chi connectivity index (χ1v) is 7.92. The van der Waals surface area contributed by atoms with Gasteiger partial charge >= 0.3 is 0 Å². The van der Waals surface area contributed by atoms with E-state index in [9.17, 15) is 8.42 Å². The number of ether oxygens (including phenoxy) is 2. The lowest BCUT2D eigenvalue weighted by Gasteiger charge is -2.25. The first kappa shape index (κ1) is 15.5. The number of nitrogens with one attached hydrogen (secondary N) is 1. The third-order valence-electron chi connectivity index (χ3n) is 3.35. The maximum Gasteiger partial charge on any atom is 0.242 e. The Labute approximate surface area is 123 Å². The van der Waals surface area contributed by atoms with E-state index in [4.69, 9.17) is 26.8 Å². The number of anilines is 1. The molecule has 1 aromatic carbocycles. The predicted octanol–water partition coefficient (Wildman–Crippen LogP) is 1.01. The lowest BCUT2D eigenvalue weighted by molar-refractivity contribution is -0.0120. The van der Waals surface area contributed by atoms with Gasteiger partial charge in [-0.2, -0.15) is 0 Å². The van der Waals surface area contributed by atoms with Crippen molar-refractivity contribution < 1.29 is 17.9 Å². The van der Waals surface area contributed by atoms with Crippen molar-refractivity contribution in [1.29, 1.82) is 0 Å². The maximum atomic E-state index is 12.3. The van der Waals surface area contributed by atoms with Crippen molar-refractivity contribution in [2.45, 2.75) is 16.9 Å². The molecule has 3 N–H and O–H groups in total. The van der Waals surface area contributed by atoms with Crippen LogP contribution < -0.4 is 10.5 Å². The summed E-state index contributed by atoms with van der Waals surface area (Å²) in [5, 5.41) is 0.310. The molecule has 1 unspecified atom stereocenters. The zero-order chi connectivity index (χ0) is 14.8. The minimum Gasteiger partial charge on any atom is -0.398 e. The summed E-state index contributed by atoms with van der Waals surface area (Å²) in [7, 11) is -2.21. The highest BCUT2D eigenvalue weighted by atomic mass is 35.5. The summed E-state index contributed by atoms with van der Waals surface area (Å²) in [6, 6.07) is 4.32. The van der Waals surface area contributed by atoms with E-state index in [0.29, 0.717) is 24.7 Å². The van der Waals surface area contributed by atoms with Gasteiger partial charge in [0, 0.05) is 31.7 Å². The van der Waals surface area contributed by atoms with E-state index < -0.39 is 15.6 Å². The smallest absolute Gasteiger partial charge is 0.242 e. The lowest BCUT2D eigenvalue weighted by atomic mass is 10.0. The molecular formula is C12H17ClN2O4S. The van der Waals surface area contributed by atoms with Crippen molar-refractivity contribution >= 4 is 27.3 Å². The molecule has 2 rings (SSSR count). The Balaban J connectivity index is 2.17. The van der Waals surface area contributed by atoms with E-state index in [-0.39, 0.29) is 17.1 Å². The van der Waals surface area contributed by atoms with Crippen LogP contribution in [0.1, 0.15) is 6.42 Å². The Morgan fingerprint density at radius 1 is 1.55 bits per heavy atom. The normalized spacial score (nSPS) is 23.1. The Kier molecular flexibility index (Phi) is 4.55. The van der Waals surface area contributed by atoms with Gasteiger partial charge in [-0.3, -0.25) is 0 Å². The second-order valence-corrected chi connectivity index (χ2v) is 6.87. The number of halogens is 1. The van der Waals surface area contributed by atoms with Gasteiger partial charge in [0.25, 0.3) is 0 Å². The Morgan fingerprint density at radius 3 is 2.90 bits per heavy atom. The van der Waals surface area contributed by atoms with Gasteiger partial charge in [0.15, 0.2) is 0 Å². The average molecular weight is 321 g/mol. The molecule has 0 spiro atoms. The summed E-state index contributed by atoms with van der Waals surface area (Å²) in [5.41, 5.74) is 5.22. The predicted molar refractivity (Wildman–Crippen MR) is 76.2 cm³/mol. The molecular weight excluding hydrogens is 304 g/mol. The Hall–Kier alpha value is -0.860. The molecule has 0 bridgehead atoms. The van der Waals surface area contributed by atoms with E-state index in [1.807, 2.05) is 0 Å². The maximum absolute atomic E-state index is 12.3. The zero-order valence-corrected chi connectivity index (χ0v) is 12.6. The molecule has 1 saturated heterocycles. The van der Waals surface area contributed by atoms with Crippen molar-refractivity contribution in [3.63, 3.8) is 0 Å². The second kappa shape index (κ2) is 5.87. The fourth-order valence-electron chi connectivity index (χ4n) is 2.01. The van der Waals surface area contributed by atoms with Crippen molar-refractivity contribution in [1.82, 2.24) is 4.72 Å². The quantitative estimate of drug-likeness (QED) is 0.790. The number of sulfonamides is 1. The van der Waals surface area contributed by atoms with Crippen LogP contribution in [-0.4, -0.2) is 40.9 Å². The van der Waals surface area contributed by atoms with Gasteiger partial charge in [0.1, 0.15) is 10.5 Å². The summed E-state index contributed by atoms with van der Waals surface area (Å²) in [5.74, 6) is 0. The molecule has 20 heavy (non-hydrogen) atoms. The molecule has 0 saturated carbocycles. The van der Waals surface area contributed by atoms with E-state index in [1.54, 1.807) is 0 Å². The topological polar surface area (TPSA) is 90.7 Å². The van der Waals surface area contributed by atoms with Gasteiger partial charge in [-0.15, -0.1) is 0 Å². The number of nitrogens with two attached hydrogens (primary N) is 1. The lowest BCUT2D eigenvalue weighted by Crippen LogP contribution is -2.45. The van der Waals surface area contributed by atoms with E-state index in [1.165, 1.54) is 25.3 Å². The van der Waals surface area contributed by atoms with Gasteiger partial charge in [-0.1, -0.05) is 11.6 Å². The SMILES string of the molecule is COC1(CNS(=O)(=O)c2cc(Cl)ccc2N)CCOC1. The monoisotopic (exact) mass is 320 g/mol. The summed E-state index contributed by atoms with van der Waals surface area (Å²) in [4.78, 5) is -0.0323. The van der Waals surface area contributed by atoms with Crippen LogP contribution in [0.3, 0.4) is 0 Å².